The fraction of sp³-hybridized carbons (Fsp3) is 1.00. The van der Waals surface area contributed by atoms with E-state index in [-0.39, 0.29) is 72.0 Å². The van der Waals surface area contributed by atoms with Crippen molar-refractivity contribution in [1.82, 2.24) is 0 Å². The number of ether oxygens (including phenoxy) is 9. The van der Waals surface area contributed by atoms with Crippen molar-refractivity contribution in [3.05, 3.63) is 0 Å². The van der Waals surface area contributed by atoms with Gasteiger partial charge in [0.15, 0.2) is 6.29 Å². The van der Waals surface area contributed by atoms with Crippen molar-refractivity contribution < 1.29 is 98.8 Å². The Morgan fingerprint density at radius 1 is 0.534 bits per heavy atom. The van der Waals surface area contributed by atoms with Crippen LogP contribution in [0.15, 0.2) is 0 Å². The number of hydrogen-bond donors (Lipinski definition) is 11. The quantitative estimate of drug-likeness (QED) is 0.0488. The average molecular weight is 847 g/mol. The standard InChI is InChI=1S/C38H70O20/c1-5-51-10-21-6-20(7-39)22(32(44)31(21)43)12-53-16-29-36(48)34(46)24(13-54-15-28-35(47)33(45)23(11-50-4)25(8-40)56-28)27(57-29)17-55-38-37(49)30(42)19(3)26(58-38)14-52-9-18(2)41/h18-49H,5-17H2,1-4H3. The Morgan fingerprint density at radius 2 is 1.10 bits per heavy atom. The van der Waals surface area contributed by atoms with Gasteiger partial charge in [0.05, 0.1) is 121 Å². The smallest absolute Gasteiger partial charge is 0.186 e. The lowest BCUT2D eigenvalue weighted by molar-refractivity contribution is -0.306. The summed E-state index contributed by atoms with van der Waals surface area (Å²) >= 11 is 0. The van der Waals surface area contributed by atoms with Crippen molar-refractivity contribution in [2.75, 3.05) is 86.4 Å². The number of aliphatic hydroxyl groups is 11. The molecule has 4 rings (SSSR count). The maximum absolute atomic E-state index is 11.5. The molecule has 20 heteroatoms. The van der Waals surface area contributed by atoms with Crippen molar-refractivity contribution in [2.45, 2.75) is 119 Å². The van der Waals surface area contributed by atoms with Crippen LogP contribution in [0.5, 0.6) is 0 Å². The zero-order chi connectivity index (χ0) is 42.7. The van der Waals surface area contributed by atoms with Gasteiger partial charge in [-0.25, -0.2) is 0 Å². The van der Waals surface area contributed by atoms with E-state index in [1.54, 1.807) is 13.8 Å². The van der Waals surface area contributed by atoms with E-state index in [0.29, 0.717) is 13.0 Å². The van der Waals surface area contributed by atoms with Crippen LogP contribution in [-0.2, 0) is 42.6 Å². The first-order chi connectivity index (χ1) is 27.7. The molecule has 4 fully saturated rings. The molecule has 0 amide bonds. The predicted octanol–water partition coefficient (Wildman–Crippen LogP) is -4.63. The van der Waals surface area contributed by atoms with Crippen LogP contribution in [0.25, 0.3) is 0 Å². The Kier molecular flexibility index (Phi) is 20.8. The minimum Gasteiger partial charge on any atom is -0.396 e. The summed E-state index contributed by atoms with van der Waals surface area (Å²) in [6, 6.07) is 0. The molecule has 0 aromatic heterocycles. The molecule has 0 spiro atoms. The molecule has 3 aliphatic heterocycles. The van der Waals surface area contributed by atoms with E-state index in [0.717, 1.165) is 0 Å². The summed E-state index contributed by atoms with van der Waals surface area (Å²) in [6.45, 7) is 3.67. The van der Waals surface area contributed by atoms with E-state index >= 15 is 0 Å². The highest BCUT2D eigenvalue weighted by Crippen LogP contribution is 2.36. The van der Waals surface area contributed by atoms with Crippen LogP contribution in [-0.4, -0.2) is 234 Å². The zero-order valence-corrected chi connectivity index (χ0v) is 33.9. The van der Waals surface area contributed by atoms with E-state index in [1.807, 2.05) is 6.92 Å². The van der Waals surface area contributed by atoms with Crippen molar-refractivity contribution in [3.8, 4) is 0 Å². The van der Waals surface area contributed by atoms with Gasteiger partial charge in [-0.05, 0) is 26.2 Å². The molecule has 342 valence electrons. The van der Waals surface area contributed by atoms with Crippen molar-refractivity contribution >= 4 is 0 Å². The van der Waals surface area contributed by atoms with Crippen LogP contribution < -0.4 is 0 Å². The lowest BCUT2D eigenvalue weighted by Crippen LogP contribution is -2.60. The highest BCUT2D eigenvalue weighted by Gasteiger charge is 2.49. The first-order valence-electron chi connectivity index (χ1n) is 20.4. The summed E-state index contributed by atoms with van der Waals surface area (Å²) in [4.78, 5) is 0. The predicted molar refractivity (Wildman–Crippen MR) is 198 cm³/mol. The molecule has 20 nitrogen and oxygen atoms in total. The van der Waals surface area contributed by atoms with E-state index in [9.17, 15) is 56.2 Å². The summed E-state index contributed by atoms with van der Waals surface area (Å²) in [5.41, 5.74) is 0. The highest BCUT2D eigenvalue weighted by molar-refractivity contribution is 4.96. The Hall–Kier alpha value is -0.800. The largest absolute Gasteiger partial charge is 0.396 e. The van der Waals surface area contributed by atoms with Crippen molar-refractivity contribution in [3.63, 3.8) is 0 Å². The molecule has 3 saturated heterocycles. The second-order valence-electron chi connectivity index (χ2n) is 16.3. The first kappa shape index (κ1) is 49.9. The molecule has 4 aliphatic rings. The molecule has 0 aromatic carbocycles. The average Bonchev–Trinajstić information content (AvgIpc) is 3.20. The van der Waals surface area contributed by atoms with Crippen molar-refractivity contribution in [2.24, 2.45) is 35.5 Å². The molecule has 3 heterocycles. The van der Waals surface area contributed by atoms with Gasteiger partial charge in [-0.1, -0.05) is 6.92 Å². The minimum atomic E-state index is -1.53. The molecule has 21 unspecified atom stereocenters. The van der Waals surface area contributed by atoms with E-state index in [4.69, 9.17) is 42.6 Å². The lowest BCUT2D eigenvalue weighted by atomic mass is 9.71. The first-order valence-corrected chi connectivity index (χ1v) is 20.4. The number of hydrogen-bond acceptors (Lipinski definition) is 20. The van der Waals surface area contributed by atoms with Gasteiger partial charge in [0.1, 0.15) is 30.5 Å². The molecule has 11 N–H and O–H groups in total. The molecular weight excluding hydrogens is 776 g/mol. The number of aliphatic hydroxyl groups excluding tert-OH is 11. The Bertz CT molecular complexity index is 1140. The molecule has 0 aromatic rings. The van der Waals surface area contributed by atoms with Gasteiger partial charge in [-0.15, -0.1) is 0 Å². The van der Waals surface area contributed by atoms with Gasteiger partial charge in [0.25, 0.3) is 0 Å². The Morgan fingerprint density at radius 3 is 1.67 bits per heavy atom. The van der Waals surface area contributed by atoms with Gasteiger partial charge in [-0.2, -0.15) is 0 Å². The molecule has 21 atom stereocenters. The summed E-state index contributed by atoms with van der Waals surface area (Å²) in [5, 5.41) is 117. The maximum Gasteiger partial charge on any atom is 0.186 e. The van der Waals surface area contributed by atoms with Crippen molar-refractivity contribution in [1.29, 1.82) is 0 Å². The summed E-state index contributed by atoms with van der Waals surface area (Å²) in [5.74, 6) is -3.73. The molecule has 1 saturated carbocycles. The Labute approximate surface area is 339 Å². The SMILES string of the molecule is CCOCC1CC(CO)C(COCC2OC(COC3OC(COCC(C)O)C(C)C(O)C3O)C(COCC3OC(CO)C(COC)C(O)C3O)C(O)C2O)C(O)C1O. The van der Waals surface area contributed by atoms with Gasteiger partial charge >= 0.3 is 0 Å². The van der Waals surface area contributed by atoms with Crippen LogP contribution in [0.3, 0.4) is 0 Å². The molecule has 58 heavy (non-hydrogen) atoms. The summed E-state index contributed by atoms with van der Waals surface area (Å²) in [7, 11) is 1.42. The monoisotopic (exact) mass is 846 g/mol. The minimum absolute atomic E-state index is 0.0133. The number of rotatable bonds is 22. The third-order valence-electron chi connectivity index (χ3n) is 12.1. The number of methoxy groups -OCH3 is 1. The van der Waals surface area contributed by atoms with Crippen LogP contribution in [0.4, 0.5) is 0 Å². The second kappa shape index (κ2) is 24.2. The fourth-order valence-electron chi connectivity index (χ4n) is 8.40. The molecular formula is C38H70O20. The van der Waals surface area contributed by atoms with Crippen LogP contribution in [0.2, 0.25) is 0 Å². The van der Waals surface area contributed by atoms with E-state index in [1.165, 1.54) is 7.11 Å². The molecule has 0 radical (unpaired) electrons. The van der Waals surface area contributed by atoms with Crippen LogP contribution in [0, 0.1) is 35.5 Å². The van der Waals surface area contributed by atoms with Crippen LogP contribution in [0.1, 0.15) is 27.2 Å². The zero-order valence-electron chi connectivity index (χ0n) is 33.9. The normalized spacial score (nSPS) is 44.3. The summed E-state index contributed by atoms with van der Waals surface area (Å²) < 4.78 is 51.8. The Balaban J connectivity index is 1.44. The third-order valence-corrected chi connectivity index (χ3v) is 12.1. The summed E-state index contributed by atoms with van der Waals surface area (Å²) in [6.07, 6.45) is -17.4. The maximum atomic E-state index is 11.5. The lowest BCUT2D eigenvalue weighted by Gasteiger charge is -2.45. The molecule has 1 aliphatic carbocycles. The van der Waals surface area contributed by atoms with Gasteiger partial charge < -0.3 is 98.8 Å². The van der Waals surface area contributed by atoms with Crippen LogP contribution >= 0.6 is 0 Å². The molecule has 0 bridgehead atoms. The second-order valence-corrected chi connectivity index (χ2v) is 16.3. The third kappa shape index (κ3) is 12.7. The van der Waals surface area contributed by atoms with E-state index < -0.39 is 128 Å². The topological polar surface area (TPSA) is 306 Å². The van der Waals surface area contributed by atoms with E-state index in [2.05, 4.69) is 0 Å². The van der Waals surface area contributed by atoms with Gasteiger partial charge in [-0.3, -0.25) is 0 Å². The van der Waals surface area contributed by atoms with Gasteiger partial charge in [0, 0.05) is 49.9 Å². The fourth-order valence-corrected chi connectivity index (χ4v) is 8.40. The van der Waals surface area contributed by atoms with Gasteiger partial charge in [0.2, 0.25) is 0 Å². The highest BCUT2D eigenvalue weighted by atomic mass is 16.7.